The molecule has 1 aromatic heterocycles. The molecule has 0 saturated heterocycles. The maximum absolute atomic E-state index is 15.3. The zero-order valence-corrected chi connectivity index (χ0v) is 17.6. The van der Waals surface area contributed by atoms with Crippen LogP contribution in [0.5, 0.6) is 0 Å². The molecule has 0 spiro atoms. The van der Waals surface area contributed by atoms with Crippen molar-refractivity contribution in [2.45, 2.75) is 0 Å². The molecule has 0 N–H and O–H groups in total. The van der Waals surface area contributed by atoms with Gasteiger partial charge in [-0.1, -0.05) is 91.0 Å². The third kappa shape index (κ3) is 3.83. The van der Waals surface area contributed by atoms with Gasteiger partial charge in [0, 0.05) is 16.7 Å². The predicted molar refractivity (Wildman–Crippen MR) is 124 cm³/mol. The van der Waals surface area contributed by atoms with Gasteiger partial charge in [0.25, 0.3) is 0 Å². The van der Waals surface area contributed by atoms with Crippen LogP contribution >= 0.6 is 0 Å². The van der Waals surface area contributed by atoms with Gasteiger partial charge in [-0.15, -0.1) is 0 Å². The molecule has 0 unspecified atom stereocenters. The lowest BCUT2D eigenvalue weighted by Crippen LogP contribution is -2.06. The average molecular weight is 456 g/mol. The van der Waals surface area contributed by atoms with Crippen molar-refractivity contribution >= 4 is 0 Å². The highest BCUT2D eigenvalue weighted by molar-refractivity contribution is 5.83. The van der Waals surface area contributed by atoms with E-state index >= 15 is 8.78 Å². The van der Waals surface area contributed by atoms with Crippen LogP contribution in [0, 0.1) is 23.3 Å². The minimum absolute atomic E-state index is 0.169. The van der Waals surface area contributed by atoms with Crippen molar-refractivity contribution in [3.05, 3.63) is 120 Å². The van der Waals surface area contributed by atoms with Gasteiger partial charge in [0.1, 0.15) is 0 Å². The largest absolute Gasteiger partial charge is 0.228 e. The lowest BCUT2D eigenvalue weighted by Gasteiger charge is -2.15. The fourth-order valence-electron chi connectivity index (χ4n) is 3.79. The number of nitrogens with zero attached hydrogens (tertiary/aromatic N) is 2. The molecule has 0 aliphatic carbocycles. The van der Waals surface area contributed by atoms with Crippen molar-refractivity contribution in [2.75, 3.05) is 0 Å². The minimum atomic E-state index is -1.91. The van der Waals surface area contributed by atoms with Crippen LogP contribution in [0.25, 0.3) is 45.0 Å². The van der Waals surface area contributed by atoms with Gasteiger partial charge in [-0.3, -0.25) is 0 Å². The van der Waals surface area contributed by atoms with Crippen LogP contribution in [-0.2, 0) is 0 Å². The normalized spacial score (nSPS) is 10.9. The molecule has 0 fully saturated rings. The molecule has 0 amide bonds. The summed E-state index contributed by atoms with van der Waals surface area (Å²) in [5, 5.41) is 0. The van der Waals surface area contributed by atoms with Crippen LogP contribution in [0.15, 0.2) is 97.1 Å². The Balaban J connectivity index is 1.86. The van der Waals surface area contributed by atoms with Gasteiger partial charge in [-0.25, -0.2) is 27.5 Å². The number of aromatic nitrogens is 2. The SMILES string of the molecule is Fc1c(F)c(F)c(-c2nc(-c3ccccc3)cc(-c3ccccc3)n2)c(-c2ccccc2)c1F. The predicted octanol–water partition coefficient (Wildman–Crippen LogP) is 7.70. The Hall–Kier alpha value is -4.32. The molecule has 0 bridgehead atoms. The van der Waals surface area contributed by atoms with Crippen LogP contribution in [0.3, 0.4) is 0 Å². The van der Waals surface area contributed by atoms with Gasteiger partial charge in [0.05, 0.1) is 17.0 Å². The van der Waals surface area contributed by atoms with E-state index in [1.807, 2.05) is 36.4 Å². The standard InChI is InChI=1S/C28H16F4N2/c29-24-22(19-14-8-3-9-15-19)23(25(30)27(32)26(24)31)28-33-20(17-10-4-1-5-11-17)16-21(34-28)18-12-6-2-7-13-18/h1-16H. The van der Waals surface area contributed by atoms with Crippen molar-refractivity contribution in [3.8, 4) is 45.0 Å². The summed E-state index contributed by atoms with van der Waals surface area (Å²) in [5.41, 5.74) is 1.43. The lowest BCUT2D eigenvalue weighted by atomic mass is 9.96. The van der Waals surface area contributed by atoms with Crippen molar-refractivity contribution in [1.82, 2.24) is 9.97 Å². The number of hydrogen-bond acceptors (Lipinski definition) is 2. The fourth-order valence-corrected chi connectivity index (χ4v) is 3.79. The zero-order valence-electron chi connectivity index (χ0n) is 17.6. The van der Waals surface area contributed by atoms with Gasteiger partial charge in [-0.2, -0.15) is 0 Å². The van der Waals surface area contributed by atoms with Crippen molar-refractivity contribution in [2.24, 2.45) is 0 Å². The number of rotatable bonds is 4. The Morgan fingerprint density at radius 1 is 0.412 bits per heavy atom. The van der Waals surface area contributed by atoms with Crippen LogP contribution in [0.2, 0.25) is 0 Å². The summed E-state index contributed by atoms with van der Waals surface area (Å²) in [7, 11) is 0. The Bertz CT molecular complexity index is 1410. The van der Waals surface area contributed by atoms with Crippen LogP contribution in [0.1, 0.15) is 0 Å². The van der Waals surface area contributed by atoms with E-state index in [2.05, 4.69) is 9.97 Å². The molecule has 0 radical (unpaired) electrons. The molecular formula is C28H16F4N2. The first-order chi connectivity index (χ1) is 16.5. The Labute approximate surface area is 193 Å². The summed E-state index contributed by atoms with van der Waals surface area (Å²) < 4.78 is 59.1. The third-order valence-corrected chi connectivity index (χ3v) is 5.42. The Morgan fingerprint density at radius 2 is 0.794 bits per heavy atom. The molecule has 166 valence electrons. The second-order valence-corrected chi connectivity index (χ2v) is 7.57. The smallest absolute Gasteiger partial charge is 0.198 e. The van der Waals surface area contributed by atoms with E-state index < -0.39 is 34.4 Å². The maximum Gasteiger partial charge on any atom is 0.198 e. The molecule has 0 aliphatic rings. The van der Waals surface area contributed by atoms with Gasteiger partial charge in [0.2, 0.25) is 0 Å². The molecule has 0 atom stereocenters. The first-order valence-electron chi connectivity index (χ1n) is 10.5. The summed E-state index contributed by atoms with van der Waals surface area (Å²) in [5.74, 6) is -7.11. The van der Waals surface area contributed by atoms with Gasteiger partial charge < -0.3 is 0 Å². The van der Waals surface area contributed by atoms with Gasteiger partial charge in [0.15, 0.2) is 29.1 Å². The maximum atomic E-state index is 15.3. The second-order valence-electron chi connectivity index (χ2n) is 7.57. The Morgan fingerprint density at radius 3 is 1.24 bits per heavy atom. The third-order valence-electron chi connectivity index (χ3n) is 5.42. The molecule has 2 nitrogen and oxygen atoms in total. The van der Waals surface area contributed by atoms with E-state index in [-0.39, 0.29) is 11.4 Å². The molecule has 0 aliphatic heterocycles. The topological polar surface area (TPSA) is 25.8 Å². The minimum Gasteiger partial charge on any atom is -0.228 e. The summed E-state index contributed by atoms with van der Waals surface area (Å²) in [4.78, 5) is 8.90. The zero-order chi connectivity index (χ0) is 23.7. The van der Waals surface area contributed by atoms with Gasteiger partial charge in [-0.05, 0) is 11.6 Å². The summed E-state index contributed by atoms with van der Waals surface area (Å²) in [6.45, 7) is 0. The van der Waals surface area contributed by atoms with Crippen molar-refractivity contribution < 1.29 is 17.6 Å². The molecule has 5 rings (SSSR count). The lowest BCUT2D eigenvalue weighted by molar-refractivity contribution is 0.412. The molecule has 0 saturated carbocycles. The number of hydrogen-bond donors (Lipinski definition) is 0. The Kier molecular flexibility index (Phi) is 5.64. The highest BCUT2D eigenvalue weighted by Crippen LogP contribution is 2.39. The summed E-state index contributed by atoms with van der Waals surface area (Å²) in [6, 6.07) is 27.7. The van der Waals surface area contributed by atoms with Crippen LogP contribution in [-0.4, -0.2) is 9.97 Å². The molecule has 5 aromatic rings. The van der Waals surface area contributed by atoms with Crippen LogP contribution < -0.4 is 0 Å². The van der Waals surface area contributed by atoms with Crippen LogP contribution in [0.4, 0.5) is 17.6 Å². The van der Waals surface area contributed by atoms with Crippen molar-refractivity contribution in [3.63, 3.8) is 0 Å². The highest BCUT2D eigenvalue weighted by Gasteiger charge is 2.29. The average Bonchev–Trinajstić information content (AvgIpc) is 2.90. The number of benzene rings is 4. The van der Waals surface area contributed by atoms with E-state index in [1.54, 1.807) is 48.5 Å². The fraction of sp³-hybridized carbons (Fsp3) is 0. The van der Waals surface area contributed by atoms with E-state index in [0.29, 0.717) is 22.5 Å². The molecule has 34 heavy (non-hydrogen) atoms. The van der Waals surface area contributed by atoms with E-state index in [9.17, 15) is 8.78 Å². The first-order valence-corrected chi connectivity index (χ1v) is 10.5. The highest BCUT2D eigenvalue weighted by atomic mass is 19.2. The van der Waals surface area contributed by atoms with Crippen molar-refractivity contribution in [1.29, 1.82) is 0 Å². The first kappa shape index (κ1) is 21.5. The molecular weight excluding hydrogens is 440 g/mol. The number of halogens is 4. The monoisotopic (exact) mass is 456 g/mol. The van der Waals surface area contributed by atoms with Gasteiger partial charge >= 0.3 is 0 Å². The van der Waals surface area contributed by atoms with E-state index in [1.165, 1.54) is 12.1 Å². The molecule has 4 aromatic carbocycles. The molecule has 1 heterocycles. The second kappa shape index (κ2) is 8.90. The van der Waals surface area contributed by atoms with E-state index in [0.717, 1.165) is 0 Å². The summed E-state index contributed by atoms with van der Waals surface area (Å²) >= 11 is 0. The quantitative estimate of drug-likeness (QED) is 0.157. The van der Waals surface area contributed by atoms with E-state index in [4.69, 9.17) is 0 Å². The molecule has 6 heteroatoms. The summed E-state index contributed by atoms with van der Waals surface area (Å²) in [6.07, 6.45) is 0.